The van der Waals surface area contributed by atoms with Gasteiger partial charge in [0.15, 0.2) is 0 Å². The highest BCUT2D eigenvalue weighted by molar-refractivity contribution is 7.98. The number of hydrogen-bond acceptors (Lipinski definition) is 4. The van der Waals surface area contributed by atoms with Crippen molar-refractivity contribution in [2.24, 2.45) is 5.92 Å². The van der Waals surface area contributed by atoms with Gasteiger partial charge in [-0.25, -0.2) is 13.1 Å². The molecule has 5 nitrogen and oxygen atoms in total. The molecule has 2 aromatic rings. The Morgan fingerprint density at radius 1 is 1.07 bits per heavy atom. The van der Waals surface area contributed by atoms with Crippen LogP contribution in [-0.2, 0) is 14.8 Å². The summed E-state index contributed by atoms with van der Waals surface area (Å²) in [5.41, 5.74) is 1.59. The number of anilines is 1. The molecule has 2 aromatic carbocycles. The minimum absolute atomic E-state index is 0.0477. The van der Waals surface area contributed by atoms with Crippen LogP contribution in [0.1, 0.15) is 32.3 Å². The zero-order chi connectivity index (χ0) is 20.0. The number of nitrogens with one attached hydrogen (secondary N) is 2. The van der Waals surface area contributed by atoms with Gasteiger partial charge in [-0.15, -0.1) is 11.8 Å². The zero-order valence-electron chi connectivity index (χ0n) is 16.0. The second-order valence-corrected chi connectivity index (χ2v) is 9.28. The van der Waals surface area contributed by atoms with Crippen LogP contribution >= 0.6 is 11.8 Å². The van der Waals surface area contributed by atoms with E-state index in [-0.39, 0.29) is 22.6 Å². The number of thioether (sulfide) groups is 1. The quantitative estimate of drug-likeness (QED) is 0.648. The number of sulfonamides is 1. The van der Waals surface area contributed by atoms with Crippen molar-refractivity contribution in [3.8, 4) is 0 Å². The standard InChI is InChI=1S/C20H26N2O3S2/c1-14(2)20(23)22-18-12-17(10-11-19(18)26-4)27(24,25)21-13-15(3)16-8-6-5-7-9-16/h5-12,14-15,21H,13H2,1-4H3,(H,22,23)/t15-/m1/s1. The lowest BCUT2D eigenvalue weighted by Gasteiger charge is -2.16. The van der Waals surface area contributed by atoms with E-state index in [4.69, 9.17) is 0 Å². The van der Waals surface area contributed by atoms with E-state index >= 15 is 0 Å². The van der Waals surface area contributed by atoms with Gasteiger partial charge in [0.1, 0.15) is 0 Å². The van der Waals surface area contributed by atoms with Crippen LogP contribution in [0.25, 0.3) is 0 Å². The van der Waals surface area contributed by atoms with E-state index < -0.39 is 10.0 Å². The van der Waals surface area contributed by atoms with Gasteiger partial charge in [0.25, 0.3) is 0 Å². The molecule has 0 bridgehead atoms. The van der Waals surface area contributed by atoms with Crippen molar-refractivity contribution in [1.82, 2.24) is 4.72 Å². The summed E-state index contributed by atoms with van der Waals surface area (Å²) in [5, 5.41) is 2.81. The monoisotopic (exact) mass is 406 g/mol. The number of rotatable bonds is 8. The maximum absolute atomic E-state index is 12.7. The molecule has 0 aliphatic carbocycles. The molecule has 0 aliphatic rings. The van der Waals surface area contributed by atoms with E-state index in [1.54, 1.807) is 26.0 Å². The van der Waals surface area contributed by atoms with Crippen LogP contribution in [0.3, 0.4) is 0 Å². The van der Waals surface area contributed by atoms with E-state index in [0.29, 0.717) is 12.2 Å². The summed E-state index contributed by atoms with van der Waals surface area (Å²) in [7, 11) is -3.68. The highest BCUT2D eigenvalue weighted by Gasteiger charge is 2.19. The topological polar surface area (TPSA) is 75.3 Å². The molecule has 1 amide bonds. The summed E-state index contributed by atoms with van der Waals surface area (Å²) in [5.74, 6) is -0.290. The highest BCUT2D eigenvalue weighted by Crippen LogP contribution is 2.28. The number of hydrogen-bond donors (Lipinski definition) is 2. The molecule has 0 aromatic heterocycles. The number of carbonyl (C=O) groups is 1. The normalized spacial score (nSPS) is 12.8. The van der Waals surface area contributed by atoms with Gasteiger partial charge in [0.05, 0.1) is 10.6 Å². The third-order valence-electron chi connectivity index (χ3n) is 4.21. The lowest BCUT2D eigenvalue weighted by Crippen LogP contribution is -2.28. The molecule has 0 saturated heterocycles. The number of carbonyl (C=O) groups excluding carboxylic acids is 1. The lowest BCUT2D eigenvalue weighted by molar-refractivity contribution is -0.118. The lowest BCUT2D eigenvalue weighted by atomic mass is 10.0. The second kappa shape index (κ2) is 9.39. The van der Waals surface area contributed by atoms with Crippen LogP contribution in [0, 0.1) is 5.92 Å². The van der Waals surface area contributed by atoms with Crippen molar-refractivity contribution < 1.29 is 13.2 Å². The first kappa shape index (κ1) is 21.5. The van der Waals surface area contributed by atoms with Crippen LogP contribution in [0.4, 0.5) is 5.69 Å². The zero-order valence-corrected chi connectivity index (χ0v) is 17.7. The van der Waals surface area contributed by atoms with E-state index in [1.807, 2.05) is 43.5 Å². The Bertz CT molecular complexity index is 881. The Labute approximate surface area is 166 Å². The average molecular weight is 407 g/mol. The first-order valence-electron chi connectivity index (χ1n) is 8.78. The molecule has 1 atom stereocenters. The van der Waals surface area contributed by atoms with Crippen molar-refractivity contribution in [1.29, 1.82) is 0 Å². The van der Waals surface area contributed by atoms with Gasteiger partial charge in [0, 0.05) is 17.4 Å². The summed E-state index contributed by atoms with van der Waals surface area (Å²) < 4.78 is 28.1. The van der Waals surface area contributed by atoms with Crippen molar-refractivity contribution in [3.63, 3.8) is 0 Å². The van der Waals surface area contributed by atoms with Gasteiger partial charge in [-0.05, 0) is 35.9 Å². The minimum Gasteiger partial charge on any atom is -0.325 e. The molecule has 0 unspecified atom stereocenters. The highest BCUT2D eigenvalue weighted by atomic mass is 32.2. The summed E-state index contributed by atoms with van der Waals surface area (Å²) in [6.07, 6.45) is 1.88. The Morgan fingerprint density at radius 3 is 2.33 bits per heavy atom. The van der Waals surface area contributed by atoms with E-state index in [2.05, 4.69) is 10.0 Å². The van der Waals surface area contributed by atoms with Crippen molar-refractivity contribution >= 4 is 33.4 Å². The summed E-state index contributed by atoms with van der Waals surface area (Å²) >= 11 is 1.45. The Kier molecular flexibility index (Phi) is 7.47. The summed E-state index contributed by atoms with van der Waals surface area (Å²) in [4.78, 5) is 13.0. The van der Waals surface area contributed by atoms with Gasteiger partial charge in [-0.3, -0.25) is 4.79 Å². The van der Waals surface area contributed by atoms with Crippen LogP contribution in [0.2, 0.25) is 0 Å². The molecule has 146 valence electrons. The molecule has 0 fully saturated rings. The van der Waals surface area contributed by atoms with Crippen LogP contribution in [-0.4, -0.2) is 27.1 Å². The van der Waals surface area contributed by atoms with Gasteiger partial charge < -0.3 is 5.32 Å². The van der Waals surface area contributed by atoms with Crippen molar-refractivity contribution in [2.75, 3.05) is 18.1 Å². The fourth-order valence-electron chi connectivity index (χ4n) is 2.45. The largest absolute Gasteiger partial charge is 0.325 e. The SMILES string of the molecule is CSc1ccc(S(=O)(=O)NC[C@@H](C)c2ccccc2)cc1NC(=O)C(C)C. The van der Waals surface area contributed by atoms with Crippen LogP contribution in [0.5, 0.6) is 0 Å². The minimum atomic E-state index is -3.68. The van der Waals surface area contributed by atoms with E-state index in [1.165, 1.54) is 17.8 Å². The number of amides is 1. The van der Waals surface area contributed by atoms with Crippen molar-refractivity contribution in [2.45, 2.75) is 36.5 Å². The molecule has 0 radical (unpaired) electrons. The fourth-order valence-corrected chi connectivity index (χ4v) is 4.14. The van der Waals surface area contributed by atoms with Crippen LogP contribution in [0.15, 0.2) is 58.3 Å². The average Bonchev–Trinajstić information content (AvgIpc) is 2.66. The molecule has 7 heteroatoms. The Morgan fingerprint density at radius 2 is 1.74 bits per heavy atom. The Balaban J connectivity index is 2.18. The van der Waals surface area contributed by atoms with Gasteiger partial charge in [-0.2, -0.15) is 0 Å². The fraction of sp³-hybridized carbons (Fsp3) is 0.350. The van der Waals surface area contributed by atoms with E-state index in [9.17, 15) is 13.2 Å². The molecule has 0 heterocycles. The van der Waals surface area contributed by atoms with Gasteiger partial charge >= 0.3 is 0 Å². The van der Waals surface area contributed by atoms with Crippen LogP contribution < -0.4 is 10.0 Å². The summed E-state index contributed by atoms with van der Waals surface area (Å²) in [6, 6.07) is 14.6. The molecule has 0 aliphatic heterocycles. The molecule has 27 heavy (non-hydrogen) atoms. The molecule has 0 saturated carbocycles. The predicted octanol–water partition coefficient (Wildman–Crippen LogP) is 4.09. The first-order chi connectivity index (χ1) is 12.7. The smallest absolute Gasteiger partial charge is 0.240 e. The molecule has 2 rings (SSSR count). The Hall–Kier alpha value is -1.83. The maximum atomic E-state index is 12.7. The van der Waals surface area contributed by atoms with Gasteiger partial charge in [-0.1, -0.05) is 51.1 Å². The third-order valence-corrected chi connectivity index (χ3v) is 6.43. The molecule has 2 N–H and O–H groups in total. The molecule has 0 spiro atoms. The third kappa shape index (κ3) is 5.82. The van der Waals surface area contributed by atoms with Gasteiger partial charge in [0.2, 0.25) is 15.9 Å². The van der Waals surface area contributed by atoms with E-state index in [0.717, 1.165) is 10.5 Å². The number of benzene rings is 2. The second-order valence-electron chi connectivity index (χ2n) is 6.67. The first-order valence-corrected chi connectivity index (χ1v) is 11.5. The van der Waals surface area contributed by atoms with Crippen molar-refractivity contribution in [3.05, 3.63) is 54.1 Å². The molecular formula is C20H26N2O3S2. The summed E-state index contributed by atoms with van der Waals surface area (Å²) in [6.45, 7) is 5.86. The predicted molar refractivity (Wildman–Crippen MR) is 112 cm³/mol. The molecular weight excluding hydrogens is 380 g/mol. The maximum Gasteiger partial charge on any atom is 0.240 e.